The zero-order chi connectivity index (χ0) is 13.0. The van der Waals surface area contributed by atoms with Crippen molar-refractivity contribution in [3.8, 4) is 5.75 Å². The van der Waals surface area contributed by atoms with E-state index < -0.39 is 5.91 Å². The highest BCUT2D eigenvalue weighted by Gasteiger charge is 2.23. The van der Waals surface area contributed by atoms with Gasteiger partial charge in [-0.1, -0.05) is 0 Å². The fourth-order valence-corrected chi connectivity index (χ4v) is 2.23. The number of nitrogens with two attached hydrogens (primary N) is 1. The maximum atomic E-state index is 11.4. The molecule has 4 heteroatoms. The molecule has 96 valence electrons. The molecule has 1 aromatic rings. The summed E-state index contributed by atoms with van der Waals surface area (Å²) in [4.78, 5) is 22.3. The summed E-state index contributed by atoms with van der Waals surface area (Å²) < 4.78 is 5.55. The number of hydrogen-bond donors (Lipinski definition) is 1. The minimum absolute atomic E-state index is 0.176. The van der Waals surface area contributed by atoms with E-state index >= 15 is 0 Å². The molecule has 0 aliphatic heterocycles. The molecule has 1 fully saturated rings. The second-order valence-corrected chi connectivity index (χ2v) is 4.58. The Labute approximate surface area is 106 Å². The monoisotopic (exact) mass is 247 g/mol. The molecule has 1 unspecified atom stereocenters. The SMILES string of the molecule is NC(=O)c1ccc(OCCC2CCCC2=O)cc1. The lowest BCUT2D eigenvalue weighted by Gasteiger charge is -2.09. The van der Waals surface area contributed by atoms with Crippen LogP contribution in [0.15, 0.2) is 24.3 Å². The van der Waals surface area contributed by atoms with Crippen LogP contribution in [0.1, 0.15) is 36.0 Å². The van der Waals surface area contributed by atoms with Crippen LogP contribution in [-0.2, 0) is 4.79 Å². The molecule has 4 nitrogen and oxygen atoms in total. The molecule has 1 aliphatic carbocycles. The molecule has 2 rings (SSSR count). The highest BCUT2D eigenvalue weighted by molar-refractivity contribution is 5.92. The number of Topliss-reactive ketones (excluding diaryl/α,β-unsaturated/α-hetero) is 1. The summed E-state index contributed by atoms with van der Waals surface area (Å²) in [5.74, 6) is 0.793. The molecule has 1 atom stereocenters. The fraction of sp³-hybridized carbons (Fsp3) is 0.429. The van der Waals surface area contributed by atoms with Gasteiger partial charge in [0.25, 0.3) is 0 Å². The standard InChI is InChI=1S/C14H17NO3/c15-14(17)11-4-6-12(7-5-11)18-9-8-10-2-1-3-13(10)16/h4-7,10H,1-3,8-9H2,(H2,15,17). The first-order valence-corrected chi connectivity index (χ1v) is 6.22. The Morgan fingerprint density at radius 2 is 2.06 bits per heavy atom. The number of rotatable bonds is 5. The molecular formula is C14H17NO3. The van der Waals surface area contributed by atoms with Crippen LogP contribution >= 0.6 is 0 Å². The van der Waals surface area contributed by atoms with E-state index in [4.69, 9.17) is 10.5 Å². The normalized spacial score (nSPS) is 18.9. The Bertz CT molecular complexity index is 439. The highest BCUT2D eigenvalue weighted by Crippen LogP contribution is 2.24. The Morgan fingerprint density at radius 1 is 1.33 bits per heavy atom. The lowest BCUT2D eigenvalue weighted by atomic mass is 10.0. The predicted molar refractivity (Wildman–Crippen MR) is 67.4 cm³/mol. The first-order chi connectivity index (χ1) is 8.66. The van der Waals surface area contributed by atoms with Crippen molar-refractivity contribution < 1.29 is 14.3 Å². The van der Waals surface area contributed by atoms with Gasteiger partial charge in [-0.15, -0.1) is 0 Å². The zero-order valence-electron chi connectivity index (χ0n) is 10.2. The second-order valence-electron chi connectivity index (χ2n) is 4.58. The first-order valence-electron chi connectivity index (χ1n) is 6.22. The Balaban J connectivity index is 1.79. The Hall–Kier alpha value is -1.84. The van der Waals surface area contributed by atoms with Gasteiger partial charge in [-0.2, -0.15) is 0 Å². The number of carbonyl (C=O) groups is 2. The van der Waals surface area contributed by atoms with Crippen LogP contribution in [0.2, 0.25) is 0 Å². The summed E-state index contributed by atoms with van der Waals surface area (Å²) in [5, 5.41) is 0. The number of primary amides is 1. The average molecular weight is 247 g/mol. The zero-order valence-corrected chi connectivity index (χ0v) is 10.2. The van der Waals surface area contributed by atoms with Crippen molar-refractivity contribution in [3.63, 3.8) is 0 Å². The summed E-state index contributed by atoms with van der Waals surface area (Å²) in [6.07, 6.45) is 3.49. The molecule has 0 aromatic heterocycles. The van der Waals surface area contributed by atoms with Gasteiger partial charge in [-0.3, -0.25) is 9.59 Å². The summed E-state index contributed by atoms with van der Waals surface area (Å²) in [7, 11) is 0. The fourth-order valence-electron chi connectivity index (χ4n) is 2.23. The molecule has 2 N–H and O–H groups in total. The van der Waals surface area contributed by atoms with E-state index in [0.29, 0.717) is 23.7 Å². The number of ether oxygens (including phenoxy) is 1. The summed E-state index contributed by atoms with van der Waals surface area (Å²) in [6, 6.07) is 6.71. The van der Waals surface area contributed by atoms with Crippen LogP contribution in [0, 0.1) is 5.92 Å². The number of hydrogen-bond acceptors (Lipinski definition) is 3. The second kappa shape index (κ2) is 5.67. The van der Waals surface area contributed by atoms with Crippen LogP contribution in [0.4, 0.5) is 0 Å². The molecule has 0 bridgehead atoms. The van der Waals surface area contributed by atoms with Gasteiger partial charge in [-0.05, 0) is 43.5 Å². The first kappa shape index (κ1) is 12.6. The van der Waals surface area contributed by atoms with Gasteiger partial charge in [0, 0.05) is 17.9 Å². The van der Waals surface area contributed by atoms with Gasteiger partial charge in [-0.25, -0.2) is 0 Å². The summed E-state index contributed by atoms with van der Waals surface area (Å²) in [6.45, 7) is 0.534. The van der Waals surface area contributed by atoms with E-state index in [1.165, 1.54) is 0 Å². The number of ketones is 1. The lowest BCUT2D eigenvalue weighted by Crippen LogP contribution is -2.12. The van der Waals surface area contributed by atoms with E-state index in [2.05, 4.69) is 0 Å². The van der Waals surface area contributed by atoms with Crippen molar-refractivity contribution in [2.75, 3.05) is 6.61 Å². The van der Waals surface area contributed by atoms with Crippen molar-refractivity contribution in [1.29, 1.82) is 0 Å². The third-order valence-corrected chi connectivity index (χ3v) is 3.30. The van der Waals surface area contributed by atoms with Crippen LogP contribution in [0.5, 0.6) is 5.75 Å². The number of amides is 1. The van der Waals surface area contributed by atoms with E-state index in [1.807, 2.05) is 0 Å². The minimum Gasteiger partial charge on any atom is -0.494 e. The van der Waals surface area contributed by atoms with E-state index in [1.54, 1.807) is 24.3 Å². The van der Waals surface area contributed by atoms with Gasteiger partial charge >= 0.3 is 0 Å². The maximum absolute atomic E-state index is 11.4. The third kappa shape index (κ3) is 3.09. The van der Waals surface area contributed by atoms with Crippen LogP contribution < -0.4 is 10.5 Å². The number of carbonyl (C=O) groups excluding carboxylic acids is 2. The van der Waals surface area contributed by atoms with E-state index in [0.717, 1.165) is 25.7 Å². The quantitative estimate of drug-likeness (QED) is 0.864. The van der Waals surface area contributed by atoms with Crippen molar-refractivity contribution >= 4 is 11.7 Å². The van der Waals surface area contributed by atoms with Crippen molar-refractivity contribution in [1.82, 2.24) is 0 Å². The van der Waals surface area contributed by atoms with Gasteiger partial charge in [0.1, 0.15) is 11.5 Å². The molecule has 1 saturated carbocycles. The topological polar surface area (TPSA) is 69.4 Å². The molecule has 1 amide bonds. The molecular weight excluding hydrogens is 230 g/mol. The summed E-state index contributed by atoms with van der Waals surface area (Å²) >= 11 is 0. The molecule has 1 aromatic carbocycles. The largest absolute Gasteiger partial charge is 0.494 e. The lowest BCUT2D eigenvalue weighted by molar-refractivity contribution is -0.121. The molecule has 18 heavy (non-hydrogen) atoms. The predicted octanol–water partition coefficient (Wildman–Crippen LogP) is 1.92. The highest BCUT2D eigenvalue weighted by atomic mass is 16.5. The third-order valence-electron chi connectivity index (χ3n) is 3.30. The molecule has 1 aliphatic rings. The van der Waals surface area contributed by atoms with Crippen molar-refractivity contribution in [3.05, 3.63) is 29.8 Å². The van der Waals surface area contributed by atoms with Gasteiger partial charge in [0.05, 0.1) is 6.61 Å². The van der Waals surface area contributed by atoms with Crippen molar-refractivity contribution in [2.24, 2.45) is 11.7 Å². The van der Waals surface area contributed by atoms with Crippen LogP contribution in [0.3, 0.4) is 0 Å². The number of benzene rings is 1. The Morgan fingerprint density at radius 3 is 2.61 bits per heavy atom. The van der Waals surface area contributed by atoms with Gasteiger partial charge < -0.3 is 10.5 Å². The maximum Gasteiger partial charge on any atom is 0.248 e. The van der Waals surface area contributed by atoms with E-state index in [-0.39, 0.29) is 5.92 Å². The summed E-state index contributed by atoms with van der Waals surface area (Å²) in [5.41, 5.74) is 5.61. The smallest absolute Gasteiger partial charge is 0.248 e. The minimum atomic E-state index is -0.446. The molecule has 0 heterocycles. The molecule has 0 saturated heterocycles. The molecule has 0 spiro atoms. The van der Waals surface area contributed by atoms with Gasteiger partial charge in [0.15, 0.2) is 0 Å². The Kier molecular flexibility index (Phi) is 3.97. The van der Waals surface area contributed by atoms with Crippen LogP contribution in [-0.4, -0.2) is 18.3 Å². The van der Waals surface area contributed by atoms with Crippen molar-refractivity contribution in [2.45, 2.75) is 25.7 Å². The average Bonchev–Trinajstić information content (AvgIpc) is 2.76. The van der Waals surface area contributed by atoms with Crippen LogP contribution in [0.25, 0.3) is 0 Å². The molecule has 0 radical (unpaired) electrons. The van der Waals surface area contributed by atoms with Gasteiger partial charge in [0.2, 0.25) is 5.91 Å². The van der Waals surface area contributed by atoms with E-state index in [9.17, 15) is 9.59 Å².